The summed E-state index contributed by atoms with van der Waals surface area (Å²) in [6.07, 6.45) is 3.06. The summed E-state index contributed by atoms with van der Waals surface area (Å²) < 4.78 is 4.73. The van der Waals surface area contributed by atoms with E-state index in [0.717, 1.165) is 23.9 Å². The zero-order chi connectivity index (χ0) is 11.2. The van der Waals surface area contributed by atoms with Crippen LogP contribution in [0.1, 0.15) is 12.6 Å². The van der Waals surface area contributed by atoms with E-state index in [2.05, 4.69) is 25.8 Å². The molecular formula is C10H13N5O. The number of nitrogens with zero attached hydrogens (tertiary/aromatic N) is 3. The molecule has 2 heterocycles. The van der Waals surface area contributed by atoms with Crippen molar-refractivity contribution in [3.05, 3.63) is 30.4 Å². The molecule has 0 aromatic carbocycles. The standard InChI is InChI=1S/C10H13N5O/c1-2-11-9-5-10(14-7-13-9)12-6-8-3-4-16-15-8/h3-5,7H,2,6H2,1H3,(H2,11,12,13,14). The summed E-state index contributed by atoms with van der Waals surface area (Å²) in [5, 5.41) is 10.0. The van der Waals surface area contributed by atoms with Gasteiger partial charge in [-0.2, -0.15) is 0 Å². The lowest BCUT2D eigenvalue weighted by atomic mass is 10.4. The zero-order valence-corrected chi connectivity index (χ0v) is 8.97. The molecule has 0 saturated heterocycles. The summed E-state index contributed by atoms with van der Waals surface area (Å²) in [4.78, 5) is 8.18. The van der Waals surface area contributed by atoms with Gasteiger partial charge in [0.1, 0.15) is 29.9 Å². The van der Waals surface area contributed by atoms with E-state index in [1.54, 1.807) is 12.3 Å². The molecule has 0 unspecified atom stereocenters. The molecule has 0 radical (unpaired) electrons. The first-order valence-corrected chi connectivity index (χ1v) is 5.07. The minimum atomic E-state index is 0.582. The predicted molar refractivity (Wildman–Crippen MR) is 60.0 cm³/mol. The van der Waals surface area contributed by atoms with Crippen molar-refractivity contribution in [2.45, 2.75) is 13.5 Å². The van der Waals surface area contributed by atoms with Gasteiger partial charge in [-0.15, -0.1) is 0 Å². The van der Waals surface area contributed by atoms with Crippen LogP contribution in [0.2, 0.25) is 0 Å². The maximum Gasteiger partial charge on any atom is 0.131 e. The maximum atomic E-state index is 4.73. The average molecular weight is 219 g/mol. The van der Waals surface area contributed by atoms with Crippen molar-refractivity contribution in [3.8, 4) is 0 Å². The highest BCUT2D eigenvalue weighted by molar-refractivity contribution is 5.46. The Morgan fingerprint density at radius 1 is 1.25 bits per heavy atom. The highest BCUT2D eigenvalue weighted by atomic mass is 16.5. The normalized spacial score (nSPS) is 10.1. The molecule has 0 bridgehead atoms. The molecule has 0 amide bonds. The third kappa shape index (κ3) is 2.69. The first kappa shape index (κ1) is 10.4. The molecule has 6 nitrogen and oxygen atoms in total. The first-order chi connectivity index (χ1) is 7.88. The van der Waals surface area contributed by atoms with E-state index in [1.807, 2.05) is 13.0 Å². The molecule has 0 fully saturated rings. The van der Waals surface area contributed by atoms with Gasteiger partial charge in [0.2, 0.25) is 0 Å². The topological polar surface area (TPSA) is 75.9 Å². The fourth-order valence-corrected chi connectivity index (χ4v) is 1.24. The quantitative estimate of drug-likeness (QED) is 0.793. The minimum absolute atomic E-state index is 0.582. The van der Waals surface area contributed by atoms with Gasteiger partial charge < -0.3 is 15.2 Å². The molecule has 84 valence electrons. The molecule has 0 atom stereocenters. The number of nitrogens with one attached hydrogen (secondary N) is 2. The van der Waals surface area contributed by atoms with Crippen LogP contribution in [0.25, 0.3) is 0 Å². The van der Waals surface area contributed by atoms with Crippen LogP contribution in [0.4, 0.5) is 11.6 Å². The minimum Gasteiger partial charge on any atom is -0.370 e. The van der Waals surface area contributed by atoms with Crippen LogP contribution >= 0.6 is 0 Å². The Labute approximate surface area is 93.1 Å². The number of anilines is 2. The van der Waals surface area contributed by atoms with Gasteiger partial charge in [0.05, 0.1) is 6.54 Å². The molecule has 2 aromatic rings. The molecular weight excluding hydrogens is 206 g/mol. The molecule has 0 aliphatic heterocycles. The Bertz CT molecular complexity index is 429. The van der Waals surface area contributed by atoms with Crippen molar-refractivity contribution in [3.63, 3.8) is 0 Å². The molecule has 16 heavy (non-hydrogen) atoms. The third-order valence-corrected chi connectivity index (χ3v) is 1.97. The first-order valence-electron chi connectivity index (χ1n) is 5.07. The van der Waals surface area contributed by atoms with Crippen LogP contribution < -0.4 is 10.6 Å². The van der Waals surface area contributed by atoms with Crippen molar-refractivity contribution in [1.29, 1.82) is 0 Å². The maximum absolute atomic E-state index is 4.73. The molecule has 0 saturated carbocycles. The second kappa shape index (κ2) is 5.11. The number of hydrogen-bond donors (Lipinski definition) is 2. The van der Waals surface area contributed by atoms with Crippen molar-refractivity contribution in [2.24, 2.45) is 0 Å². The average Bonchev–Trinajstić information content (AvgIpc) is 2.80. The SMILES string of the molecule is CCNc1cc(NCc2ccon2)ncn1. The molecule has 6 heteroatoms. The van der Waals surface area contributed by atoms with Gasteiger partial charge in [0.15, 0.2) is 0 Å². The van der Waals surface area contributed by atoms with Crippen LogP contribution in [0.15, 0.2) is 29.2 Å². The van der Waals surface area contributed by atoms with Crippen LogP contribution in [0, 0.1) is 0 Å². The smallest absolute Gasteiger partial charge is 0.131 e. The number of rotatable bonds is 5. The predicted octanol–water partition coefficient (Wildman–Crippen LogP) is 1.51. The lowest BCUT2D eigenvalue weighted by Crippen LogP contribution is -2.04. The monoisotopic (exact) mass is 219 g/mol. The highest BCUT2D eigenvalue weighted by Gasteiger charge is 1.99. The third-order valence-electron chi connectivity index (χ3n) is 1.97. The summed E-state index contributed by atoms with van der Waals surface area (Å²) >= 11 is 0. The van der Waals surface area contributed by atoms with Crippen LogP contribution in [-0.2, 0) is 6.54 Å². The van der Waals surface area contributed by atoms with Crippen molar-refractivity contribution >= 4 is 11.6 Å². The molecule has 0 aliphatic carbocycles. The fraction of sp³-hybridized carbons (Fsp3) is 0.300. The summed E-state index contributed by atoms with van der Waals surface area (Å²) in [6.45, 7) is 3.43. The Morgan fingerprint density at radius 3 is 2.75 bits per heavy atom. The van der Waals surface area contributed by atoms with Crippen LogP contribution in [0.5, 0.6) is 0 Å². The van der Waals surface area contributed by atoms with Gasteiger partial charge >= 0.3 is 0 Å². The Hall–Kier alpha value is -2.11. The second-order valence-corrected chi connectivity index (χ2v) is 3.16. The van der Waals surface area contributed by atoms with E-state index in [-0.39, 0.29) is 0 Å². The molecule has 0 spiro atoms. The van der Waals surface area contributed by atoms with Crippen molar-refractivity contribution in [2.75, 3.05) is 17.2 Å². The lowest BCUT2D eigenvalue weighted by Gasteiger charge is -2.05. The summed E-state index contributed by atoms with van der Waals surface area (Å²) in [5.74, 6) is 1.56. The molecule has 2 aromatic heterocycles. The fourth-order valence-electron chi connectivity index (χ4n) is 1.24. The molecule has 2 N–H and O–H groups in total. The molecule has 2 rings (SSSR count). The Morgan fingerprint density at radius 2 is 2.06 bits per heavy atom. The van der Waals surface area contributed by atoms with Crippen LogP contribution in [-0.4, -0.2) is 21.7 Å². The summed E-state index contributed by atoms with van der Waals surface area (Å²) in [6, 6.07) is 3.66. The van der Waals surface area contributed by atoms with E-state index in [0.29, 0.717) is 6.54 Å². The Balaban J connectivity index is 1.96. The van der Waals surface area contributed by atoms with E-state index in [4.69, 9.17) is 4.52 Å². The summed E-state index contributed by atoms with van der Waals surface area (Å²) in [5.41, 5.74) is 0.837. The number of aromatic nitrogens is 3. The summed E-state index contributed by atoms with van der Waals surface area (Å²) in [7, 11) is 0. The van der Waals surface area contributed by atoms with Gasteiger partial charge in [-0.1, -0.05) is 5.16 Å². The van der Waals surface area contributed by atoms with Gasteiger partial charge in [-0.3, -0.25) is 0 Å². The lowest BCUT2D eigenvalue weighted by molar-refractivity contribution is 0.412. The molecule has 0 aliphatic rings. The highest BCUT2D eigenvalue weighted by Crippen LogP contribution is 2.09. The van der Waals surface area contributed by atoms with Gasteiger partial charge in [0.25, 0.3) is 0 Å². The van der Waals surface area contributed by atoms with E-state index >= 15 is 0 Å². The van der Waals surface area contributed by atoms with E-state index < -0.39 is 0 Å². The van der Waals surface area contributed by atoms with Gasteiger partial charge in [0, 0.05) is 18.7 Å². The second-order valence-electron chi connectivity index (χ2n) is 3.16. The van der Waals surface area contributed by atoms with Gasteiger partial charge in [-0.25, -0.2) is 9.97 Å². The van der Waals surface area contributed by atoms with Crippen molar-refractivity contribution in [1.82, 2.24) is 15.1 Å². The van der Waals surface area contributed by atoms with Crippen molar-refractivity contribution < 1.29 is 4.52 Å². The number of hydrogen-bond acceptors (Lipinski definition) is 6. The Kier molecular flexibility index (Phi) is 3.32. The van der Waals surface area contributed by atoms with E-state index in [9.17, 15) is 0 Å². The largest absolute Gasteiger partial charge is 0.370 e. The van der Waals surface area contributed by atoms with Crippen LogP contribution in [0.3, 0.4) is 0 Å². The zero-order valence-electron chi connectivity index (χ0n) is 8.97. The van der Waals surface area contributed by atoms with E-state index in [1.165, 1.54) is 6.33 Å². The van der Waals surface area contributed by atoms with Gasteiger partial charge in [-0.05, 0) is 6.92 Å².